The van der Waals surface area contributed by atoms with Crippen molar-refractivity contribution < 1.29 is 64.3 Å². The van der Waals surface area contributed by atoms with E-state index in [-0.39, 0.29) is 57.4 Å². The number of halogens is 3. The third-order valence-corrected chi connectivity index (χ3v) is 2.50. The standard InChI is InChI=1S/C9H18BF3N.K/c1-8(2)5-6-14(9-3-4-9)7-10(11,12)13;/h8-9H,3-7H2,1-2H3;/q-1;+1. The molecule has 0 unspecified atom stereocenters. The second-order valence-corrected chi connectivity index (χ2v) is 4.62. The molecule has 0 radical (unpaired) electrons. The first kappa shape index (κ1) is 16.5. The molecular weight excluding hydrogens is 229 g/mol. The van der Waals surface area contributed by atoms with Crippen LogP contribution in [0.25, 0.3) is 0 Å². The van der Waals surface area contributed by atoms with Crippen LogP contribution in [0.4, 0.5) is 12.9 Å². The molecule has 0 spiro atoms. The maximum Gasteiger partial charge on any atom is 1.00 e. The number of hydrogen-bond acceptors (Lipinski definition) is 1. The minimum absolute atomic E-state index is 0. The molecule has 1 fully saturated rings. The van der Waals surface area contributed by atoms with Gasteiger partial charge in [-0.15, -0.1) is 0 Å². The number of hydrogen-bond donors (Lipinski definition) is 0. The Kier molecular flexibility index (Phi) is 7.69. The van der Waals surface area contributed by atoms with E-state index in [2.05, 4.69) is 0 Å². The summed E-state index contributed by atoms with van der Waals surface area (Å²) in [5.74, 6) is 0.483. The molecule has 0 aromatic carbocycles. The summed E-state index contributed by atoms with van der Waals surface area (Å²) in [5.41, 5.74) is 0. The fourth-order valence-electron chi connectivity index (χ4n) is 1.55. The van der Waals surface area contributed by atoms with E-state index in [1.165, 1.54) is 0 Å². The van der Waals surface area contributed by atoms with Crippen molar-refractivity contribution in [2.45, 2.75) is 39.2 Å². The summed E-state index contributed by atoms with van der Waals surface area (Å²) in [5, 5.41) is 0. The summed E-state index contributed by atoms with van der Waals surface area (Å²) in [7, 11) is 0. The molecule has 84 valence electrons. The topological polar surface area (TPSA) is 3.24 Å². The monoisotopic (exact) mass is 247 g/mol. The third kappa shape index (κ3) is 8.21. The van der Waals surface area contributed by atoms with E-state index in [1.54, 1.807) is 4.90 Å². The summed E-state index contributed by atoms with van der Waals surface area (Å²) in [6.45, 7) is 0.0434. The predicted molar refractivity (Wildman–Crippen MR) is 53.1 cm³/mol. The van der Waals surface area contributed by atoms with E-state index in [9.17, 15) is 12.9 Å². The van der Waals surface area contributed by atoms with Gasteiger partial charge in [0.1, 0.15) is 0 Å². The Morgan fingerprint density at radius 2 is 1.80 bits per heavy atom. The summed E-state index contributed by atoms with van der Waals surface area (Å²) >= 11 is 0. The van der Waals surface area contributed by atoms with Crippen molar-refractivity contribution in [2.24, 2.45) is 5.92 Å². The fourth-order valence-corrected chi connectivity index (χ4v) is 1.55. The molecule has 0 bridgehead atoms. The predicted octanol–water partition coefficient (Wildman–Crippen LogP) is -0.112. The molecule has 1 aliphatic rings. The molecule has 1 nitrogen and oxygen atoms in total. The van der Waals surface area contributed by atoms with Gasteiger partial charge in [-0.05, 0) is 38.2 Å². The molecule has 1 rings (SSSR count). The minimum atomic E-state index is -4.65. The van der Waals surface area contributed by atoms with Gasteiger partial charge in [-0.1, -0.05) is 13.8 Å². The molecule has 15 heavy (non-hydrogen) atoms. The van der Waals surface area contributed by atoms with Gasteiger partial charge in [-0.25, -0.2) is 0 Å². The zero-order chi connectivity index (χ0) is 10.8. The number of nitrogens with zero attached hydrogens (tertiary/aromatic N) is 1. The first-order valence-corrected chi connectivity index (χ1v) is 5.33. The molecule has 6 heteroatoms. The van der Waals surface area contributed by atoms with Crippen LogP contribution in [0.15, 0.2) is 0 Å². The Balaban J connectivity index is 0.00000196. The zero-order valence-electron chi connectivity index (χ0n) is 9.85. The minimum Gasteiger partial charge on any atom is -0.448 e. The van der Waals surface area contributed by atoms with Gasteiger partial charge >= 0.3 is 58.4 Å². The summed E-state index contributed by atoms with van der Waals surface area (Å²) in [6.07, 6.45) is 2.09. The van der Waals surface area contributed by atoms with Gasteiger partial charge in [0, 0.05) is 6.04 Å². The zero-order valence-corrected chi connectivity index (χ0v) is 13.0. The van der Waals surface area contributed by atoms with E-state index >= 15 is 0 Å². The van der Waals surface area contributed by atoms with Crippen LogP contribution >= 0.6 is 0 Å². The van der Waals surface area contributed by atoms with Crippen molar-refractivity contribution in [1.82, 2.24) is 4.90 Å². The molecule has 0 saturated heterocycles. The Morgan fingerprint density at radius 1 is 1.27 bits per heavy atom. The second kappa shape index (κ2) is 7.01. The van der Waals surface area contributed by atoms with Crippen LogP contribution in [0.2, 0.25) is 0 Å². The van der Waals surface area contributed by atoms with Crippen molar-refractivity contribution in [1.29, 1.82) is 0 Å². The van der Waals surface area contributed by atoms with Crippen molar-refractivity contribution in [2.75, 3.05) is 13.0 Å². The van der Waals surface area contributed by atoms with Crippen LogP contribution in [0.3, 0.4) is 0 Å². The molecule has 1 aliphatic carbocycles. The maximum atomic E-state index is 12.2. The molecule has 0 aliphatic heterocycles. The molecule has 0 heterocycles. The maximum absolute atomic E-state index is 12.2. The summed E-state index contributed by atoms with van der Waals surface area (Å²) in [4.78, 5) is 1.61. The Hall–Kier alpha value is 1.45. The Bertz CT molecular complexity index is 183. The van der Waals surface area contributed by atoms with E-state index in [4.69, 9.17) is 0 Å². The molecule has 1 saturated carbocycles. The van der Waals surface area contributed by atoms with Crippen molar-refractivity contribution in [3.05, 3.63) is 0 Å². The molecular formula is C9H18BF3KN. The van der Waals surface area contributed by atoms with Gasteiger partial charge in [0.2, 0.25) is 0 Å². The van der Waals surface area contributed by atoms with Crippen molar-refractivity contribution >= 4 is 6.98 Å². The molecule has 0 aromatic heterocycles. The van der Waals surface area contributed by atoms with E-state index < -0.39 is 13.4 Å². The molecule has 0 N–H and O–H groups in total. The molecule has 0 aromatic rings. The van der Waals surface area contributed by atoms with Crippen LogP contribution in [0.1, 0.15) is 33.1 Å². The molecule has 0 atom stereocenters. The first-order chi connectivity index (χ1) is 6.38. The first-order valence-electron chi connectivity index (χ1n) is 5.33. The second-order valence-electron chi connectivity index (χ2n) is 4.62. The average Bonchev–Trinajstić information content (AvgIpc) is 2.77. The summed E-state index contributed by atoms with van der Waals surface area (Å²) in [6, 6.07) is 0.220. The Labute approximate surface area is 133 Å². The van der Waals surface area contributed by atoms with Crippen LogP contribution < -0.4 is 51.4 Å². The SMILES string of the molecule is CC(C)CCN(C[B-](F)(F)F)C1CC1.[K+]. The quantitative estimate of drug-likeness (QED) is 0.592. The van der Waals surface area contributed by atoms with E-state index in [1.807, 2.05) is 13.8 Å². The van der Waals surface area contributed by atoms with Crippen LogP contribution in [-0.4, -0.2) is 30.9 Å². The van der Waals surface area contributed by atoms with Gasteiger partial charge in [-0.2, -0.15) is 0 Å². The fraction of sp³-hybridized carbons (Fsp3) is 1.00. The van der Waals surface area contributed by atoms with Crippen LogP contribution in [0, 0.1) is 5.92 Å². The van der Waals surface area contributed by atoms with Crippen LogP contribution in [-0.2, 0) is 0 Å². The normalized spacial score (nSPS) is 17.0. The van der Waals surface area contributed by atoms with Crippen molar-refractivity contribution in [3.8, 4) is 0 Å². The van der Waals surface area contributed by atoms with Gasteiger partial charge in [0.05, 0.1) is 0 Å². The average molecular weight is 247 g/mol. The third-order valence-electron chi connectivity index (χ3n) is 2.50. The van der Waals surface area contributed by atoms with Gasteiger partial charge in [0.15, 0.2) is 0 Å². The van der Waals surface area contributed by atoms with E-state index in [0.29, 0.717) is 12.5 Å². The Morgan fingerprint density at radius 3 is 2.13 bits per heavy atom. The molecule has 0 amide bonds. The van der Waals surface area contributed by atoms with Crippen molar-refractivity contribution in [3.63, 3.8) is 0 Å². The summed E-state index contributed by atoms with van der Waals surface area (Å²) < 4.78 is 36.7. The smallest absolute Gasteiger partial charge is 0.448 e. The van der Waals surface area contributed by atoms with E-state index in [0.717, 1.165) is 19.3 Å². The van der Waals surface area contributed by atoms with Crippen LogP contribution in [0.5, 0.6) is 0 Å². The largest absolute Gasteiger partial charge is 1.00 e. The van der Waals surface area contributed by atoms with Gasteiger partial charge in [0.25, 0.3) is 0 Å². The number of rotatable bonds is 6. The van der Waals surface area contributed by atoms with Gasteiger partial charge < -0.3 is 17.8 Å². The van der Waals surface area contributed by atoms with Gasteiger partial charge in [-0.3, -0.25) is 0 Å².